The van der Waals surface area contributed by atoms with E-state index in [1.54, 1.807) is 12.3 Å². The molecule has 0 amide bonds. The lowest BCUT2D eigenvalue weighted by Crippen LogP contribution is -2.14. The lowest BCUT2D eigenvalue weighted by Gasteiger charge is -2.15. The SMILES string of the molecule is CCCc1nc(NN)cc(NC(C)c2ccccn2)n1. The Morgan fingerprint density at radius 2 is 2.05 bits per heavy atom. The van der Waals surface area contributed by atoms with Crippen molar-refractivity contribution < 1.29 is 0 Å². The topological polar surface area (TPSA) is 88.8 Å². The summed E-state index contributed by atoms with van der Waals surface area (Å²) in [5.41, 5.74) is 3.54. The molecule has 0 aliphatic rings. The number of hydrazine groups is 1. The number of hydrogen-bond acceptors (Lipinski definition) is 6. The number of nitrogens with zero attached hydrogens (tertiary/aromatic N) is 3. The molecule has 2 aromatic rings. The van der Waals surface area contributed by atoms with Crippen molar-refractivity contribution in [1.82, 2.24) is 15.0 Å². The first-order valence-corrected chi connectivity index (χ1v) is 6.75. The van der Waals surface area contributed by atoms with E-state index in [1.165, 1.54) is 0 Å². The molecular formula is C14H20N6. The van der Waals surface area contributed by atoms with Gasteiger partial charge >= 0.3 is 0 Å². The Morgan fingerprint density at radius 1 is 1.25 bits per heavy atom. The molecule has 0 saturated heterocycles. The average Bonchev–Trinajstić information content (AvgIpc) is 2.48. The third-order valence-corrected chi connectivity index (χ3v) is 2.89. The van der Waals surface area contributed by atoms with Crippen molar-refractivity contribution in [3.63, 3.8) is 0 Å². The molecule has 4 N–H and O–H groups in total. The zero-order chi connectivity index (χ0) is 14.4. The zero-order valence-corrected chi connectivity index (χ0v) is 11.8. The minimum Gasteiger partial charge on any atom is -0.362 e. The fraction of sp³-hybridized carbons (Fsp3) is 0.357. The van der Waals surface area contributed by atoms with Gasteiger partial charge in [0.05, 0.1) is 11.7 Å². The summed E-state index contributed by atoms with van der Waals surface area (Å²) in [6.07, 6.45) is 3.59. The van der Waals surface area contributed by atoms with E-state index in [-0.39, 0.29) is 6.04 Å². The van der Waals surface area contributed by atoms with Crippen LogP contribution in [-0.4, -0.2) is 15.0 Å². The van der Waals surface area contributed by atoms with Gasteiger partial charge in [0, 0.05) is 18.7 Å². The number of anilines is 2. The van der Waals surface area contributed by atoms with E-state index in [1.807, 2.05) is 25.1 Å². The number of nitrogen functional groups attached to an aromatic ring is 1. The lowest BCUT2D eigenvalue weighted by molar-refractivity contribution is 0.805. The second-order valence-corrected chi connectivity index (χ2v) is 4.57. The van der Waals surface area contributed by atoms with Crippen LogP contribution in [0.15, 0.2) is 30.5 Å². The van der Waals surface area contributed by atoms with E-state index >= 15 is 0 Å². The number of rotatable bonds is 6. The molecule has 0 aliphatic carbocycles. The quantitative estimate of drug-likeness (QED) is 0.552. The van der Waals surface area contributed by atoms with Crippen molar-refractivity contribution >= 4 is 11.6 Å². The molecule has 0 aromatic carbocycles. The van der Waals surface area contributed by atoms with Crippen molar-refractivity contribution in [1.29, 1.82) is 0 Å². The predicted molar refractivity (Wildman–Crippen MR) is 80.1 cm³/mol. The standard InChI is InChI=1S/C14H20N6/c1-3-6-12-18-13(9-14(19-12)20-15)17-10(2)11-7-4-5-8-16-11/h4-5,7-10H,3,6,15H2,1-2H3,(H2,17,18,19,20). The van der Waals surface area contributed by atoms with Crippen molar-refractivity contribution in [2.75, 3.05) is 10.7 Å². The van der Waals surface area contributed by atoms with Gasteiger partial charge in [-0.2, -0.15) is 0 Å². The Labute approximate surface area is 118 Å². The van der Waals surface area contributed by atoms with E-state index in [0.29, 0.717) is 5.82 Å². The van der Waals surface area contributed by atoms with E-state index in [4.69, 9.17) is 5.84 Å². The maximum atomic E-state index is 5.45. The van der Waals surface area contributed by atoms with Crippen molar-refractivity contribution in [3.05, 3.63) is 42.0 Å². The summed E-state index contributed by atoms with van der Waals surface area (Å²) in [7, 11) is 0. The van der Waals surface area contributed by atoms with Gasteiger partial charge in [0.15, 0.2) is 0 Å². The molecule has 0 fully saturated rings. The van der Waals surface area contributed by atoms with Crippen molar-refractivity contribution in [2.24, 2.45) is 5.84 Å². The van der Waals surface area contributed by atoms with Crippen LogP contribution in [0.25, 0.3) is 0 Å². The number of pyridine rings is 1. The smallest absolute Gasteiger partial charge is 0.145 e. The highest BCUT2D eigenvalue weighted by Gasteiger charge is 2.09. The summed E-state index contributed by atoms with van der Waals surface area (Å²) in [5.74, 6) is 7.58. The molecule has 2 heterocycles. The highest BCUT2D eigenvalue weighted by Crippen LogP contribution is 2.18. The van der Waals surface area contributed by atoms with Crippen LogP contribution in [-0.2, 0) is 6.42 Å². The number of nitrogens with one attached hydrogen (secondary N) is 2. The monoisotopic (exact) mass is 272 g/mol. The highest BCUT2D eigenvalue weighted by atomic mass is 15.3. The summed E-state index contributed by atoms with van der Waals surface area (Å²) in [6, 6.07) is 7.70. The largest absolute Gasteiger partial charge is 0.362 e. The molecule has 1 unspecified atom stereocenters. The van der Waals surface area contributed by atoms with Crippen LogP contribution in [0.1, 0.15) is 37.8 Å². The first-order chi connectivity index (χ1) is 9.72. The normalized spacial score (nSPS) is 11.9. The third-order valence-electron chi connectivity index (χ3n) is 2.89. The van der Waals surface area contributed by atoms with Crippen molar-refractivity contribution in [3.8, 4) is 0 Å². The van der Waals surface area contributed by atoms with E-state index in [2.05, 4.69) is 32.6 Å². The van der Waals surface area contributed by atoms with Crippen LogP contribution in [0.2, 0.25) is 0 Å². The molecule has 0 saturated carbocycles. The zero-order valence-electron chi connectivity index (χ0n) is 11.8. The van der Waals surface area contributed by atoms with Crippen LogP contribution >= 0.6 is 0 Å². The van der Waals surface area contributed by atoms with Gasteiger partial charge in [-0.05, 0) is 25.5 Å². The Bertz CT molecular complexity index is 543. The molecule has 0 bridgehead atoms. The van der Waals surface area contributed by atoms with E-state index in [0.717, 1.165) is 30.2 Å². The van der Waals surface area contributed by atoms with Crippen LogP contribution in [0, 0.1) is 0 Å². The Balaban J connectivity index is 2.17. The molecule has 0 aliphatic heterocycles. The molecule has 1 atom stereocenters. The van der Waals surface area contributed by atoms with Gasteiger partial charge in [0.2, 0.25) is 0 Å². The van der Waals surface area contributed by atoms with Crippen LogP contribution in [0.5, 0.6) is 0 Å². The van der Waals surface area contributed by atoms with Crippen LogP contribution in [0.4, 0.5) is 11.6 Å². The Hall–Kier alpha value is -2.21. The average molecular weight is 272 g/mol. The first-order valence-electron chi connectivity index (χ1n) is 6.75. The maximum absolute atomic E-state index is 5.45. The lowest BCUT2D eigenvalue weighted by atomic mass is 10.2. The van der Waals surface area contributed by atoms with Gasteiger partial charge in [0.1, 0.15) is 17.5 Å². The number of hydrogen-bond donors (Lipinski definition) is 3. The van der Waals surface area contributed by atoms with E-state index in [9.17, 15) is 0 Å². The van der Waals surface area contributed by atoms with E-state index < -0.39 is 0 Å². The van der Waals surface area contributed by atoms with Gasteiger partial charge in [-0.3, -0.25) is 4.98 Å². The number of aromatic nitrogens is 3. The second-order valence-electron chi connectivity index (χ2n) is 4.57. The molecule has 0 spiro atoms. The van der Waals surface area contributed by atoms with Crippen LogP contribution < -0.4 is 16.6 Å². The van der Waals surface area contributed by atoms with Crippen LogP contribution in [0.3, 0.4) is 0 Å². The number of nitrogens with two attached hydrogens (primary N) is 1. The number of aryl methyl sites for hydroxylation is 1. The maximum Gasteiger partial charge on any atom is 0.145 e. The molecule has 6 nitrogen and oxygen atoms in total. The second kappa shape index (κ2) is 6.81. The van der Waals surface area contributed by atoms with Gasteiger partial charge in [0.25, 0.3) is 0 Å². The molecule has 0 radical (unpaired) electrons. The summed E-state index contributed by atoms with van der Waals surface area (Å²) in [4.78, 5) is 13.1. The first kappa shape index (κ1) is 14.2. The fourth-order valence-electron chi connectivity index (χ4n) is 1.91. The minimum absolute atomic E-state index is 0.0613. The van der Waals surface area contributed by atoms with Gasteiger partial charge < -0.3 is 10.7 Å². The van der Waals surface area contributed by atoms with Gasteiger partial charge in [-0.15, -0.1) is 0 Å². The molecule has 20 heavy (non-hydrogen) atoms. The molecule has 6 heteroatoms. The summed E-state index contributed by atoms with van der Waals surface area (Å²) < 4.78 is 0. The minimum atomic E-state index is 0.0613. The summed E-state index contributed by atoms with van der Waals surface area (Å²) >= 11 is 0. The Kier molecular flexibility index (Phi) is 4.84. The molecular weight excluding hydrogens is 252 g/mol. The Morgan fingerprint density at radius 3 is 2.70 bits per heavy atom. The highest BCUT2D eigenvalue weighted by molar-refractivity contribution is 5.47. The molecule has 2 rings (SSSR count). The third kappa shape index (κ3) is 3.64. The fourth-order valence-corrected chi connectivity index (χ4v) is 1.91. The summed E-state index contributed by atoms with van der Waals surface area (Å²) in [6.45, 7) is 4.13. The van der Waals surface area contributed by atoms with Gasteiger partial charge in [-0.25, -0.2) is 15.8 Å². The summed E-state index contributed by atoms with van der Waals surface area (Å²) in [5, 5.41) is 3.32. The molecule has 106 valence electrons. The molecule has 2 aromatic heterocycles. The van der Waals surface area contributed by atoms with Crippen molar-refractivity contribution in [2.45, 2.75) is 32.7 Å². The van der Waals surface area contributed by atoms with Gasteiger partial charge in [-0.1, -0.05) is 13.0 Å². The predicted octanol–water partition coefficient (Wildman–Crippen LogP) is 2.28.